The van der Waals surface area contributed by atoms with Gasteiger partial charge in [0.1, 0.15) is 0 Å². The normalized spacial score (nSPS) is 16.5. The molecule has 0 N–H and O–H groups in total. The number of anilines is 2. The third-order valence-corrected chi connectivity index (χ3v) is 5.44. The molecule has 150 valence electrons. The van der Waals surface area contributed by atoms with Crippen LogP contribution in [-0.2, 0) is 19.1 Å². The molecule has 0 atom stereocenters. The van der Waals surface area contributed by atoms with E-state index in [9.17, 15) is 9.59 Å². The number of hydrogen-bond acceptors (Lipinski definition) is 5. The molecule has 1 fully saturated rings. The van der Waals surface area contributed by atoms with Crippen molar-refractivity contribution in [3.63, 3.8) is 0 Å². The molecule has 0 radical (unpaired) electrons. The van der Waals surface area contributed by atoms with Crippen LogP contribution in [-0.4, -0.2) is 52.3 Å². The number of benzene rings is 2. The van der Waals surface area contributed by atoms with E-state index in [-0.39, 0.29) is 5.97 Å². The van der Waals surface area contributed by atoms with Gasteiger partial charge in [0.05, 0.1) is 26.0 Å². The van der Waals surface area contributed by atoms with Crippen LogP contribution < -0.4 is 9.80 Å². The number of amides is 1. The standard InChI is InChI=1S/C23H24N2O4/c1-28-23(27)19-8-9-25(16-26)22-7-4-18(14-20(22)15-19)17-2-5-21(6-3-17)24-10-12-29-13-11-24/h2-7,14-16H,8-13H2,1H3. The van der Waals surface area contributed by atoms with Crippen LogP contribution in [0.3, 0.4) is 0 Å². The van der Waals surface area contributed by atoms with Crippen molar-refractivity contribution in [1.29, 1.82) is 0 Å². The average Bonchev–Trinajstić information content (AvgIpc) is 2.98. The van der Waals surface area contributed by atoms with Crippen molar-refractivity contribution in [2.24, 2.45) is 0 Å². The van der Waals surface area contributed by atoms with Gasteiger partial charge in [-0.3, -0.25) is 4.79 Å². The molecule has 2 aromatic carbocycles. The van der Waals surface area contributed by atoms with Gasteiger partial charge in [0.25, 0.3) is 0 Å². The molecule has 4 rings (SSSR count). The molecule has 29 heavy (non-hydrogen) atoms. The summed E-state index contributed by atoms with van der Waals surface area (Å²) in [5, 5.41) is 0. The fraction of sp³-hybridized carbons (Fsp3) is 0.304. The van der Waals surface area contributed by atoms with Crippen molar-refractivity contribution < 1.29 is 19.1 Å². The summed E-state index contributed by atoms with van der Waals surface area (Å²) in [7, 11) is 1.37. The molecule has 2 aliphatic rings. The van der Waals surface area contributed by atoms with E-state index in [1.54, 1.807) is 4.90 Å². The maximum absolute atomic E-state index is 12.1. The van der Waals surface area contributed by atoms with E-state index in [0.717, 1.165) is 55.1 Å². The molecule has 1 saturated heterocycles. The van der Waals surface area contributed by atoms with E-state index in [2.05, 4.69) is 29.2 Å². The number of hydrogen-bond donors (Lipinski definition) is 0. The van der Waals surface area contributed by atoms with Gasteiger partial charge in [-0.2, -0.15) is 0 Å². The zero-order chi connectivity index (χ0) is 20.2. The highest BCUT2D eigenvalue weighted by Gasteiger charge is 2.20. The van der Waals surface area contributed by atoms with Crippen LogP contribution in [0.5, 0.6) is 0 Å². The molecule has 0 saturated carbocycles. The number of nitrogens with zero attached hydrogens (tertiary/aromatic N) is 2. The molecule has 0 aromatic heterocycles. The topological polar surface area (TPSA) is 59.1 Å². The number of rotatable bonds is 4. The molecular formula is C23H24N2O4. The van der Waals surface area contributed by atoms with Crippen molar-refractivity contribution in [3.8, 4) is 11.1 Å². The first-order valence-electron chi connectivity index (χ1n) is 9.77. The smallest absolute Gasteiger partial charge is 0.333 e. The Morgan fingerprint density at radius 3 is 2.45 bits per heavy atom. The third-order valence-electron chi connectivity index (χ3n) is 5.44. The Hall–Kier alpha value is -3.12. The Bertz CT molecular complexity index is 930. The Balaban J connectivity index is 1.66. The third kappa shape index (κ3) is 4.03. The lowest BCUT2D eigenvalue weighted by atomic mass is 10.00. The van der Waals surface area contributed by atoms with Gasteiger partial charge < -0.3 is 19.3 Å². The summed E-state index contributed by atoms with van der Waals surface area (Å²) in [6, 6.07) is 14.4. The Morgan fingerprint density at radius 2 is 1.76 bits per heavy atom. The zero-order valence-electron chi connectivity index (χ0n) is 16.5. The fourth-order valence-electron chi connectivity index (χ4n) is 3.82. The second kappa shape index (κ2) is 8.49. The van der Waals surface area contributed by atoms with Crippen molar-refractivity contribution in [2.75, 3.05) is 49.8 Å². The van der Waals surface area contributed by atoms with Crippen LogP contribution in [0, 0.1) is 0 Å². The number of fused-ring (bicyclic) bond motifs is 1. The molecular weight excluding hydrogens is 368 g/mol. The van der Waals surface area contributed by atoms with E-state index in [0.29, 0.717) is 18.5 Å². The lowest BCUT2D eigenvalue weighted by Gasteiger charge is -2.29. The highest BCUT2D eigenvalue weighted by Crippen LogP contribution is 2.32. The highest BCUT2D eigenvalue weighted by atomic mass is 16.5. The number of esters is 1. The van der Waals surface area contributed by atoms with Crippen LogP contribution in [0.1, 0.15) is 12.0 Å². The second-order valence-corrected chi connectivity index (χ2v) is 7.13. The van der Waals surface area contributed by atoms with E-state index in [1.165, 1.54) is 12.8 Å². The van der Waals surface area contributed by atoms with Gasteiger partial charge in [-0.05, 0) is 53.5 Å². The minimum atomic E-state index is -0.357. The number of carbonyl (C=O) groups excluding carboxylic acids is 2. The maximum atomic E-state index is 12.1. The van der Waals surface area contributed by atoms with Gasteiger partial charge in [-0.15, -0.1) is 0 Å². The summed E-state index contributed by atoms with van der Waals surface area (Å²) in [6.45, 7) is 3.77. The minimum Gasteiger partial charge on any atom is -0.466 e. The first-order chi connectivity index (χ1) is 14.2. The van der Waals surface area contributed by atoms with E-state index >= 15 is 0 Å². The SMILES string of the molecule is COC(=O)C1=Cc2cc(-c3ccc(N4CCOCC4)cc3)ccc2N(C=O)CC1. The number of ether oxygens (including phenoxy) is 2. The summed E-state index contributed by atoms with van der Waals surface area (Å²) in [5.41, 5.74) is 5.51. The van der Waals surface area contributed by atoms with Crippen LogP contribution in [0.25, 0.3) is 17.2 Å². The molecule has 6 nitrogen and oxygen atoms in total. The van der Waals surface area contributed by atoms with Gasteiger partial charge in [0, 0.05) is 30.9 Å². The molecule has 1 amide bonds. The van der Waals surface area contributed by atoms with Crippen LogP contribution in [0.4, 0.5) is 11.4 Å². The predicted octanol–water partition coefficient (Wildman–Crippen LogP) is 3.11. The molecule has 0 unspecified atom stereocenters. The molecule has 2 aromatic rings. The van der Waals surface area contributed by atoms with Gasteiger partial charge in [-0.1, -0.05) is 18.2 Å². The maximum Gasteiger partial charge on any atom is 0.333 e. The van der Waals surface area contributed by atoms with Gasteiger partial charge >= 0.3 is 5.97 Å². The molecule has 0 aliphatic carbocycles. The van der Waals surface area contributed by atoms with Crippen LogP contribution in [0.2, 0.25) is 0 Å². The van der Waals surface area contributed by atoms with Crippen molar-refractivity contribution >= 4 is 29.8 Å². The fourth-order valence-corrected chi connectivity index (χ4v) is 3.82. The first-order valence-corrected chi connectivity index (χ1v) is 9.77. The van der Waals surface area contributed by atoms with Gasteiger partial charge in [0.2, 0.25) is 6.41 Å². The zero-order valence-corrected chi connectivity index (χ0v) is 16.5. The highest BCUT2D eigenvalue weighted by molar-refractivity contribution is 5.97. The summed E-state index contributed by atoms with van der Waals surface area (Å²) in [6.07, 6.45) is 3.10. The van der Waals surface area contributed by atoms with Crippen molar-refractivity contribution in [3.05, 3.63) is 53.6 Å². The monoisotopic (exact) mass is 392 g/mol. The summed E-state index contributed by atoms with van der Waals surface area (Å²) in [5.74, 6) is -0.357. The first kappa shape index (κ1) is 19.2. The predicted molar refractivity (Wildman–Crippen MR) is 113 cm³/mol. The number of morpholine rings is 1. The van der Waals surface area contributed by atoms with Crippen molar-refractivity contribution in [2.45, 2.75) is 6.42 Å². The minimum absolute atomic E-state index is 0.357. The molecule has 0 spiro atoms. The van der Waals surface area contributed by atoms with E-state index in [1.807, 2.05) is 24.3 Å². The number of carbonyl (C=O) groups is 2. The molecule has 2 aliphatic heterocycles. The van der Waals surface area contributed by atoms with Crippen LogP contribution >= 0.6 is 0 Å². The quantitative estimate of drug-likeness (QED) is 0.591. The average molecular weight is 392 g/mol. The Labute approximate surface area is 170 Å². The lowest BCUT2D eigenvalue weighted by Crippen LogP contribution is -2.36. The molecule has 6 heteroatoms. The van der Waals surface area contributed by atoms with E-state index in [4.69, 9.17) is 9.47 Å². The lowest BCUT2D eigenvalue weighted by molar-refractivity contribution is -0.136. The second-order valence-electron chi connectivity index (χ2n) is 7.13. The molecule has 0 bridgehead atoms. The van der Waals surface area contributed by atoms with Gasteiger partial charge in [-0.25, -0.2) is 4.79 Å². The summed E-state index contributed by atoms with van der Waals surface area (Å²) < 4.78 is 10.3. The summed E-state index contributed by atoms with van der Waals surface area (Å²) in [4.78, 5) is 27.5. The number of methoxy groups -OCH3 is 1. The van der Waals surface area contributed by atoms with E-state index < -0.39 is 0 Å². The molecule has 2 heterocycles. The largest absolute Gasteiger partial charge is 0.466 e. The summed E-state index contributed by atoms with van der Waals surface area (Å²) >= 11 is 0. The van der Waals surface area contributed by atoms with Gasteiger partial charge in [0.15, 0.2) is 0 Å². The Kier molecular flexibility index (Phi) is 5.62. The Morgan fingerprint density at radius 1 is 1.03 bits per heavy atom. The van der Waals surface area contributed by atoms with Crippen LogP contribution in [0.15, 0.2) is 48.0 Å². The van der Waals surface area contributed by atoms with Crippen molar-refractivity contribution in [1.82, 2.24) is 0 Å².